The molecule has 0 aromatic heterocycles. The van der Waals surface area contributed by atoms with Gasteiger partial charge in [0.2, 0.25) is 17.7 Å². The summed E-state index contributed by atoms with van der Waals surface area (Å²) in [7, 11) is 0. The van der Waals surface area contributed by atoms with Gasteiger partial charge >= 0.3 is 5.97 Å². The van der Waals surface area contributed by atoms with E-state index in [1.807, 2.05) is 0 Å². The monoisotopic (exact) mass is 479 g/mol. The van der Waals surface area contributed by atoms with Crippen LogP contribution in [0.3, 0.4) is 0 Å². The Balaban J connectivity index is 5.07. The molecule has 0 aliphatic rings. The smallest absolute Gasteiger partial charge is 0.326 e. The third-order valence-electron chi connectivity index (χ3n) is 4.16. The number of carboxylic acid groups (broad SMARTS) is 1. The van der Waals surface area contributed by atoms with Gasteiger partial charge in [0.15, 0.2) is 5.96 Å². The van der Waals surface area contributed by atoms with Crippen LogP contribution in [-0.2, 0) is 19.2 Å². The van der Waals surface area contributed by atoms with Gasteiger partial charge in [0, 0.05) is 18.1 Å². The van der Waals surface area contributed by atoms with Gasteiger partial charge in [-0.25, -0.2) is 4.79 Å². The summed E-state index contributed by atoms with van der Waals surface area (Å²) in [6.45, 7) is 3.63. The number of nitrogens with two attached hydrogens (primary N) is 3. The number of rotatable bonds is 14. The van der Waals surface area contributed by atoms with Crippen molar-refractivity contribution in [2.75, 3.05) is 18.1 Å². The lowest BCUT2D eigenvalue weighted by Gasteiger charge is -2.26. The zero-order valence-corrected chi connectivity index (χ0v) is 19.4. The molecule has 4 unspecified atom stereocenters. The van der Waals surface area contributed by atoms with E-state index in [9.17, 15) is 24.3 Å². The Hall–Kier alpha value is -2.19. The Morgan fingerprint density at radius 1 is 0.935 bits per heavy atom. The number of thiol groups is 2. The lowest BCUT2D eigenvalue weighted by atomic mass is 10.0. The number of nitrogens with one attached hydrogen (secondary N) is 3. The summed E-state index contributed by atoms with van der Waals surface area (Å²) in [6, 6.07) is -4.16. The number of carboxylic acids is 1. The average Bonchev–Trinajstić information content (AvgIpc) is 2.70. The van der Waals surface area contributed by atoms with E-state index in [2.05, 4.69) is 46.2 Å². The van der Waals surface area contributed by atoms with Crippen molar-refractivity contribution < 1.29 is 24.3 Å². The van der Waals surface area contributed by atoms with Crippen LogP contribution in [0.1, 0.15) is 26.7 Å². The number of carbonyl (C=O) groups excluding carboxylic acids is 3. The number of guanidine groups is 1. The maximum Gasteiger partial charge on any atom is 0.326 e. The SMILES string of the molecule is CC(C)C(NC(=O)C(N)CS)C(=O)NC(CS)C(=O)NC(CCCN=C(N)N)C(=O)O. The van der Waals surface area contributed by atoms with E-state index >= 15 is 0 Å². The molecule has 10 N–H and O–H groups in total. The number of amides is 3. The molecule has 0 aromatic carbocycles. The molecule has 0 heterocycles. The fourth-order valence-electron chi connectivity index (χ4n) is 2.37. The fraction of sp³-hybridized carbons (Fsp3) is 0.706. The highest BCUT2D eigenvalue weighted by Crippen LogP contribution is 2.05. The summed E-state index contributed by atoms with van der Waals surface area (Å²) in [5.41, 5.74) is 16.0. The molecule has 0 saturated carbocycles. The van der Waals surface area contributed by atoms with Crippen LogP contribution in [0.5, 0.6) is 0 Å². The Kier molecular flexibility index (Phi) is 13.7. The fourth-order valence-corrected chi connectivity index (χ4v) is 2.79. The molecule has 0 saturated heterocycles. The first kappa shape index (κ1) is 28.8. The molecule has 0 rings (SSSR count). The second kappa shape index (κ2) is 14.8. The first-order valence-electron chi connectivity index (χ1n) is 9.61. The summed E-state index contributed by atoms with van der Waals surface area (Å²) >= 11 is 8.01. The van der Waals surface area contributed by atoms with Crippen molar-refractivity contribution in [3.63, 3.8) is 0 Å². The molecule has 31 heavy (non-hydrogen) atoms. The number of nitrogens with zero attached hydrogens (tertiary/aromatic N) is 1. The van der Waals surface area contributed by atoms with Crippen LogP contribution in [-0.4, -0.2) is 77.0 Å². The molecule has 4 atom stereocenters. The van der Waals surface area contributed by atoms with Gasteiger partial charge in [0.05, 0.1) is 6.04 Å². The summed E-state index contributed by atoms with van der Waals surface area (Å²) < 4.78 is 0. The first-order valence-corrected chi connectivity index (χ1v) is 10.9. The van der Waals surface area contributed by atoms with Crippen LogP contribution in [0.15, 0.2) is 4.99 Å². The molecule has 0 radical (unpaired) electrons. The molecule has 12 nitrogen and oxygen atoms in total. The van der Waals surface area contributed by atoms with Crippen molar-refractivity contribution in [2.24, 2.45) is 28.1 Å². The zero-order valence-electron chi connectivity index (χ0n) is 17.6. The minimum atomic E-state index is -1.24. The molecule has 0 bridgehead atoms. The van der Waals surface area contributed by atoms with Crippen molar-refractivity contribution >= 4 is 54.9 Å². The van der Waals surface area contributed by atoms with E-state index in [0.29, 0.717) is 6.42 Å². The molecular weight excluding hydrogens is 446 g/mol. The topological polar surface area (TPSA) is 215 Å². The lowest BCUT2D eigenvalue weighted by Crippen LogP contribution is -2.59. The van der Waals surface area contributed by atoms with E-state index in [0.717, 1.165) is 0 Å². The molecule has 0 aromatic rings. The summed E-state index contributed by atoms with van der Waals surface area (Å²) in [5.74, 6) is -3.55. The van der Waals surface area contributed by atoms with Gasteiger partial charge in [-0.2, -0.15) is 25.3 Å². The largest absolute Gasteiger partial charge is 0.480 e. The predicted octanol–water partition coefficient (Wildman–Crippen LogP) is -2.58. The molecule has 0 aliphatic heterocycles. The Morgan fingerprint density at radius 2 is 1.52 bits per heavy atom. The van der Waals surface area contributed by atoms with Crippen molar-refractivity contribution in [2.45, 2.75) is 50.9 Å². The molecule has 0 aliphatic carbocycles. The molecule has 178 valence electrons. The summed E-state index contributed by atoms with van der Waals surface area (Å²) in [6.07, 6.45) is 0.400. The highest BCUT2D eigenvalue weighted by atomic mass is 32.1. The zero-order chi connectivity index (χ0) is 24.1. The van der Waals surface area contributed by atoms with Crippen LogP contribution in [0.4, 0.5) is 0 Å². The van der Waals surface area contributed by atoms with Gasteiger partial charge in [0.1, 0.15) is 18.1 Å². The Morgan fingerprint density at radius 3 is 1.97 bits per heavy atom. The highest BCUT2D eigenvalue weighted by Gasteiger charge is 2.30. The average molecular weight is 480 g/mol. The van der Waals surface area contributed by atoms with E-state index in [4.69, 9.17) is 17.2 Å². The van der Waals surface area contributed by atoms with E-state index in [1.165, 1.54) is 0 Å². The first-order chi connectivity index (χ1) is 14.4. The molecule has 0 fully saturated rings. The summed E-state index contributed by atoms with van der Waals surface area (Å²) in [4.78, 5) is 52.4. The quantitative estimate of drug-likeness (QED) is 0.0557. The maximum atomic E-state index is 12.6. The summed E-state index contributed by atoms with van der Waals surface area (Å²) in [5, 5.41) is 16.7. The Bertz CT molecular complexity index is 659. The van der Waals surface area contributed by atoms with Crippen LogP contribution in [0.2, 0.25) is 0 Å². The van der Waals surface area contributed by atoms with Crippen molar-refractivity contribution in [1.82, 2.24) is 16.0 Å². The standard InChI is InChI=1S/C17H33N7O5S2/c1-8(2)12(24-13(25)9(18)6-30)15(27)23-11(7-31)14(26)22-10(16(28)29)4-3-5-21-17(19)20/h8-12,30-31H,3-7,18H2,1-2H3,(H,22,26)(H,23,27)(H,24,25)(H,28,29)(H4,19,20,21). The second-order valence-corrected chi connectivity index (χ2v) is 7.84. The van der Waals surface area contributed by atoms with Gasteiger partial charge < -0.3 is 38.3 Å². The normalized spacial score (nSPS) is 14.6. The second-order valence-electron chi connectivity index (χ2n) is 7.11. The lowest BCUT2D eigenvalue weighted by molar-refractivity contribution is -0.142. The predicted molar refractivity (Wildman–Crippen MR) is 124 cm³/mol. The van der Waals surface area contributed by atoms with Crippen LogP contribution in [0.25, 0.3) is 0 Å². The third-order valence-corrected chi connectivity index (χ3v) is 4.91. The minimum absolute atomic E-state index is 0.0807. The van der Waals surface area contributed by atoms with Crippen LogP contribution in [0, 0.1) is 5.92 Å². The third kappa shape index (κ3) is 11.1. The number of carbonyl (C=O) groups is 4. The van der Waals surface area contributed by atoms with E-state index < -0.39 is 47.9 Å². The van der Waals surface area contributed by atoms with Crippen LogP contribution < -0.4 is 33.2 Å². The Labute approximate surface area is 192 Å². The molecular formula is C17H33N7O5S2. The van der Waals surface area contributed by atoms with Crippen molar-refractivity contribution in [1.29, 1.82) is 0 Å². The minimum Gasteiger partial charge on any atom is -0.480 e. The van der Waals surface area contributed by atoms with Gasteiger partial charge in [-0.15, -0.1) is 0 Å². The van der Waals surface area contributed by atoms with Gasteiger partial charge in [-0.3, -0.25) is 19.4 Å². The van der Waals surface area contributed by atoms with Gasteiger partial charge in [-0.05, 0) is 18.8 Å². The van der Waals surface area contributed by atoms with E-state index in [1.54, 1.807) is 13.8 Å². The number of aliphatic carboxylic acids is 1. The molecule has 3 amide bonds. The van der Waals surface area contributed by atoms with E-state index in [-0.39, 0.29) is 36.3 Å². The van der Waals surface area contributed by atoms with Gasteiger partial charge in [-0.1, -0.05) is 13.8 Å². The van der Waals surface area contributed by atoms with Gasteiger partial charge in [0.25, 0.3) is 0 Å². The number of hydrogen-bond donors (Lipinski definition) is 9. The molecule has 14 heteroatoms. The van der Waals surface area contributed by atoms with Crippen molar-refractivity contribution in [3.8, 4) is 0 Å². The number of hydrogen-bond acceptors (Lipinski definition) is 8. The van der Waals surface area contributed by atoms with Crippen molar-refractivity contribution in [3.05, 3.63) is 0 Å². The number of aliphatic imine (C=N–C) groups is 1. The maximum absolute atomic E-state index is 12.6. The van der Waals surface area contributed by atoms with Crippen LogP contribution >= 0.6 is 25.3 Å². The molecule has 0 spiro atoms. The highest BCUT2D eigenvalue weighted by molar-refractivity contribution is 7.80.